The molecule has 0 aromatic heterocycles. The lowest BCUT2D eigenvalue weighted by Gasteiger charge is -2.19. The van der Waals surface area contributed by atoms with Gasteiger partial charge in [-0.15, -0.1) is 0 Å². The molecular formula is C16H28O2Si. The van der Waals surface area contributed by atoms with E-state index in [1.807, 2.05) is 6.92 Å². The zero-order valence-electron chi connectivity index (χ0n) is 13.3. The Hall–Kier alpha value is -0.833. The van der Waals surface area contributed by atoms with Crippen LogP contribution in [0.15, 0.2) is 23.5 Å². The van der Waals surface area contributed by atoms with Crippen LogP contribution in [0.3, 0.4) is 0 Å². The van der Waals surface area contributed by atoms with Crippen LogP contribution >= 0.6 is 0 Å². The van der Waals surface area contributed by atoms with Crippen molar-refractivity contribution in [2.45, 2.75) is 66.1 Å². The van der Waals surface area contributed by atoms with Gasteiger partial charge in [0.05, 0.1) is 5.76 Å². The van der Waals surface area contributed by atoms with E-state index in [4.69, 9.17) is 4.43 Å². The maximum Gasteiger partial charge on any atom is 0.241 e. The lowest BCUT2D eigenvalue weighted by molar-refractivity contribution is -0.114. The smallest absolute Gasteiger partial charge is 0.241 e. The molecule has 0 N–H and O–H groups in total. The van der Waals surface area contributed by atoms with Gasteiger partial charge in [0.1, 0.15) is 0 Å². The van der Waals surface area contributed by atoms with E-state index in [0.29, 0.717) is 5.41 Å². The van der Waals surface area contributed by atoms with Gasteiger partial charge in [-0.05, 0) is 57.0 Å². The molecule has 0 saturated carbocycles. The van der Waals surface area contributed by atoms with E-state index in [1.165, 1.54) is 17.8 Å². The predicted molar refractivity (Wildman–Crippen MR) is 83.5 cm³/mol. The van der Waals surface area contributed by atoms with Gasteiger partial charge in [0.25, 0.3) is 0 Å². The lowest BCUT2D eigenvalue weighted by Crippen LogP contribution is -2.24. The van der Waals surface area contributed by atoms with Crippen LogP contribution in [0.2, 0.25) is 19.6 Å². The van der Waals surface area contributed by atoms with Gasteiger partial charge >= 0.3 is 0 Å². The highest BCUT2D eigenvalue weighted by molar-refractivity contribution is 6.70. The molecule has 0 aliphatic heterocycles. The second-order valence-corrected chi connectivity index (χ2v) is 11.7. The van der Waals surface area contributed by atoms with Crippen LogP contribution in [-0.2, 0) is 9.22 Å². The Kier molecular flexibility index (Phi) is 5.19. The molecular weight excluding hydrogens is 252 g/mol. The number of hydrogen-bond donors (Lipinski definition) is 0. The normalized spacial score (nSPS) is 21.5. The van der Waals surface area contributed by atoms with Crippen LogP contribution in [0.4, 0.5) is 0 Å². The average molecular weight is 280 g/mol. The van der Waals surface area contributed by atoms with E-state index in [-0.39, 0.29) is 5.78 Å². The first-order valence-electron chi connectivity index (χ1n) is 7.18. The van der Waals surface area contributed by atoms with Crippen molar-refractivity contribution in [1.29, 1.82) is 0 Å². The number of carbonyl (C=O) groups is 1. The summed E-state index contributed by atoms with van der Waals surface area (Å²) in [5.74, 6) is 1.52. The second-order valence-electron chi connectivity index (χ2n) is 7.27. The highest BCUT2D eigenvalue weighted by Gasteiger charge is 2.26. The van der Waals surface area contributed by atoms with Crippen molar-refractivity contribution in [3.63, 3.8) is 0 Å². The molecule has 19 heavy (non-hydrogen) atoms. The molecule has 0 bridgehead atoms. The molecule has 0 spiro atoms. The van der Waals surface area contributed by atoms with Gasteiger partial charge < -0.3 is 4.43 Å². The highest BCUT2D eigenvalue weighted by atomic mass is 28.4. The van der Waals surface area contributed by atoms with Crippen LogP contribution in [0.25, 0.3) is 0 Å². The van der Waals surface area contributed by atoms with E-state index in [2.05, 4.69) is 39.6 Å². The van der Waals surface area contributed by atoms with E-state index in [9.17, 15) is 4.79 Å². The fraction of sp³-hybridized carbons (Fsp3) is 0.688. The number of hydrogen-bond acceptors (Lipinski definition) is 2. The van der Waals surface area contributed by atoms with Crippen LogP contribution in [0, 0.1) is 5.41 Å². The van der Waals surface area contributed by atoms with Crippen LogP contribution < -0.4 is 0 Å². The van der Waals surface area contributed by atoms with E-state index in [1.54, 1.807) is 6.08 Å². The minimum Gasteiger partial charge on any atom is -0.548 e. The maximum absolute atomic E-state index is 10.4. The number of allylic oxidation sites excluding steroid dienone is 4. The quantitative estimate of drug-likeness (QED) is 0.677. The molecule has 0 atom stereocenters. The van der Waals surface area contributed by atoms with Crippen molar-refractivity contribution >= 4 is 14.1 Å². The fourth-order valence-electron chi connectivity index (χ4n) is 2.24. The summed E-state index contributed by atoms with van der Waals surface area (Å²) in [5.41, 5.74) is 1.60. The van der Waals surface area contributed by atoms with Gasteiger partial charge in [-0.2, -0.15) is 0 Å². The van der Waals surface area contributed by atoms with Gasteiger partial charge in [0.2, 0.25) is 8.32 Å². The Bertz CT molecular complexity index is 397. The van der Waals surface area contributed by atoms with Crippen LogP contribution in [0.1, 0.15) is 46.5 Å². The molecule has 2 aliphatic carbocycles. The third-order valence-corrected chi connectivity index (χ3v) is 4.05. The summed E-state index contributed by atoms with van der Waals surface area (Å²) in [4.78, 5) is 10.4. The van der Waals surface area contributed by atoms with E-state index < -0.39 is 8.32 Å². The minimum absolute atomic E-state index is 0.289. The Labute approximate surface area is 119 Å². The summed E-state index contributed by atoms with van der Waals surface area (Å²) in [7, 11) is -1.35. The lowest BCUT2D eigenvalue weighted by atomic mass is 9.94. The summed E-state index contributed by atoms with van der Waals surface area (Å²) < 4.78 is 5.93. The van der Waals surface area contributed by atoms with E-state index >= 15 is 0 Å². The number of carbonyl (C=O) groups excluding carboxylic acids is 1. The maximum atomic E-state index is 10.4. The Morgan fingerprint density at radius 3 is 2.05 bits per heavy atom. The third kappa shape index (κ3) is 6.76. The van der Waals surface area contributed by atoms with Gasteiger partial charge in [-0.3, -0.25) is 4.79 Å². The van der Waals surface area contributed by atoms with Crippen molar-refractivity contribution in [3.05, 3.63) is 23.5 Å². The molecule has 2 rings (SSSR count). The van der Waals surface area contributed by atoms with Crippen LogP contribution in [-0.4, -0.2) is 14.1 Å². The molecule has 0 aromatic carbocycles. The SMILES string of the molecule is CC1(C)C=C(O[Si](C)(C)C)CC1.CC1=CC(=O)CC1. The van der Waals surface area contributed by atoms with Crippen LogP contribution in [0.5, 0.6) is 0 Å². The largest absolute Gasteiger partial charge is 0.548 e. The molecule has 2 nitrogen and oxygen atoms in total. The Morgan fingerprint density at radius 1 is 1.16 bits per heavy atom. The first-order valence-corrected chi connectivity index (χ1v) is 10.6. The van der Waals surface area contributed by atoms with Gasteiger partial charge in [-0.1, -0.05) is 19.4 Å². The summed E-state index contributed by atoms with van der Waals surface area (Å²) in [5, 5.41) is 0. The summed E-state index contributed by atoms with van der Waals surface area (Å²) in [6.07, 6.45) is 8.12. The third-order valence-electron chi connectivity index (χ3n) is 3.18. The molecule has 0 unspecified atom stereocenters. The van der Waals surface area contributed by atoms with E-state index in [0.717, 1.165) is 19.3 Å². The molecule has 0 radical (unpaired) electrons. The zero-order chi connectivity index (χ0) is 14.7. The van der Waals surface area contributed by atoms with Crippen molar-refractivity contribution < 1.29 is 9.22 Å². The van der Waals surface area contributed by atoms with Gasteiger partial charge in [0.15, 0.2) is 5.78 Å². The summed E-state index contributed by atoms with van der Waals surface area (Å²) in [6.45, 7) is 13.2. The highest BCUT2D eigenvalue weighted by Crippen LogP contribution is 2.36. The zero-order valence-corrected chi connectivity index (χ0v) is 14.3. The number of rotatable bonds is 2. The topological polar surface area (TPSA) is 26.3 Å². The first-order chi connectivity index (χ1) is 8.57. The van der Waals surface area contributed by atoms with Crippen molar-refractivity contribution in [3.8, 4) is 0 Å². The molecule has 3 heteroatoms. The second kappa shape index (κ2) is 6.08. The summed E-state index contributed by atoms with van der Waals surface area (Å²) >= 11 is 0. The Morgan fingerprint density at radius 2 is 1.79 bits per heavy atom. The summed E-state index contributed by atoms with van der Waals surface area (Å²) in [6, 6.07) is 0. The monoisotopic (exact) mass is 280 g/mol. The number of ketones is 1. The Balaban J connectivity index is 0.000000218. The minimum atomic E-state index is -1.35. The first kappa shape index (κ1) is 16.2. The molecule has 0 fully saturated rings. The fourth-order valence-corrected chi connectivity index (χ4v) is 3.19. The molecule has 0 amide bonds. The standard InChI is InChI=1S/C10H20OSi.C6H8O/c1-10(2)7-6-9(8-10)11-12(3,4)5;1-5-2-3-6(7)4-5/h8H,6-7H2,1-5H3;4H,2-3H2,1H3. The average Bonchev–Trinajstić information content (AvgIpc) is 2.71. The molecule has 2 aliphatic rings. The molecule has 0 heterocycles. The van der Waals surface area contributed by atoms with Gasteiger partial charge in [-0.25, -0.2) is 0 Å². The van der Waals surface area contributed by atoms with Gasteiger partial charge in [0, 0.05) is 12.8 Å². The predicted octanol–water partition coefficient (Wildman–Crippen LogP) is 4.84. The van der Waals surface area contributed by atoms with Crippen molar-refractivity contribution in [1.82, 2.24) is 0 Å². The molecule has 0 saturated heterocycles. The molecule has 0 aromatic rings. The van der Waals surface area contributed by atoms with Crippen molar-refractivity contribution in [2.75, 3.05) is 0 Å². The molecule has 108 valence electrons. The van der Waals surface area contributed by atoms with Crippen molar-refractivity contribution in [2.24, 2.45) is 5.41 Å².